The van der Waals surface area contributed by atoms with Crippen molar-refractivity contribution in [3.8, 4) is 0 Å². The van der Waals surface area contributed by atoms with E-state index in [1.165, 1.54) is 6.20 Å². The van der Waals surface area contributed by atoms with E-state index >= 15 is 0 Å². The van der Waals surface area contributed by atoms with Crippen LogP contribution in [-0.2, 0) is 0 Å². The van der Waals surface area contributed by atoms with Gasteiger partial charge in [0.2, 0.25) is 0 Å². The largest absolute Gasteiger partial charge is 0.395 e. The van der Waals surface area contributed by atoms with Gasteiger partial charge in [0, 0.05) is 18.8 Å². The van der Waals surface area contributed by atoms with Gasteiger partial charge in [-0.05, 0) is 12.8 Å². The topological polar surface area (TPSA) is 89.2 Å². The molecule has 2 rings (SSSR count). The van der Waals surface area contributed by atoms with Crippen LogP contribution in [0, 0.1) is 0 Å². The van der Waals surface area contributed by atoms with Crippen LogP contribution in [0.2, 0.25) is 0 Å². The Morgan fingerprint density at radius 2 is 2.33 bits per heavy atom. The highest BCUT2D eigenvalue weighted by atomic mass is 16.3. The van der Waals surface area contributed by atoms with Gasteiger partial charge in [-0.25, -0.2) is 4.79 Å². The van der Waals surface area contributed by atoms with Crippen molar-refractivity contribution in [1.82, 2.24) is 14.9 Å². The molecule has 1 fully saturated rings. The highest BCUT2D eigenvalue weighted by Gasteiger charge is 2.33. The van der Waals surface area contributed by atoms with Gasteiger partial charge in [0.15, 0.2) is 0 Å². The molecule has 0 atom stereocenters. The number of aliphatic hydroxyl groups is 1. The summed E-state index contributed by atoms with van der Waals surface area (Å²) in [5, 5.41) is 8.84. The van der Waals surface area contributed by atoms with Gasteiger partial charge in [0.1, 0.15) is 5.69 Å². The molecule has 0 spiro atoms. The third-order valence-electron chi connectivity index (χ3n) is 2.42. The number of carbonyl (C=O) groups is 1. The van der Waals surface area contributed by atoms with E-state index in [2.05, 4.69) is 9.97 Å². The summed E-state index contributed by atoms with van der Waals surface area (Å²) in [6.07, 6.45) is 3.30. The summed E-state index contributed by atoms with van der Waals surface area (Å²) in [7, 11) is 0. The van der Waals surface area contributed by atoms with E-state index in [1.54, 1.807) is 4.90 Å². The first-order valence-corrected chi connectivity index (χ1v) is 4.92. The Hall–Kier alpha value is -1.56. The van der Waals surface area contributed by atoms with Crippen LogP contribution in [-0.4, -0.2) is 45.1 Å². The molecule has 0 unspecified atom stereocenters. The second kappa shape index (κ2) is 3.90. The van der Waals surface area contributed by atoms with Gasteiger partial charge >= 0.3 is 5.69 Å². The highest BCUT2D eigenvalue weighted by Crippen LogP contribution is 2.27. The van der Waals surface area contributed by atoms with E-state index in [9.17, 15) is 9.59 Å². The molecule has 3 N–H and O–H groups in total. The number of hydrogen-bond donors (Lipinski definition) is 3. The van der Waals surface area contributed by atoms with Gasteiger partial charge in [0.05, 0.1) is 6.61 Å². The fourth-order valence-electron chi connectivity index (χ4n) is 1.55. The lowest BCUT2D eigenvalue weighted by atomic mass is 10.3. The number of aromatic nitrogens is 2. The number of imidazole rings is 1. The van der Waals surface area contributed by atoms with E-state index in [0.717, 1.165) is 12.8 Å². The minimum Gasteiger partial charge on any atom is -0.395 e. The monoisotopic (exact) mass is 211 g/mol. The number of nitrogens with zero attached hydrogens (tertiary/aromatic N) is 1. The third kappa shape index (κ3) is 2.10. The van der Waals surface area contributed by atoms with Crippen LogP contribution in [0.4, 0.5) is 0 Å². The maximum atomic E-state index is 11.9. The van der Waals surface area contributed by atoms with Crippen LogP contribution in [0.25, 0.3) is 0 Å². The van der Waals surface area contributed by atoms with Gasteiger partial charge in [-0.1, -0.05) is 0 Å². The van der Waals surface area contributed by atoms with Crippen molar-refractivity contribution in [2.45, 2.75) is 18.9 Å². The minimum absolute atomic E-state index is 0.0586. The summed E-state index contributed by atoms with van der Waals surface area (Å²) in [4.78, 5) is 29.1. The van der Waals surface area contributed by atoms with Gasteiger partial charge in [-0.15, -0.1) is 0 Å². The molecule has 6 nitrogen and oxygen atoms in total. The summed E-state index contributed by atoms with van der Waals surface area (Å²) < 4.78 is 0. The molecule has 1 aliphatic carbocycles. The summed E-state index contributed by atoms with van der Waals surface area (Å²) in [5.41, 5.74) is -0.140. The molecule has 1 amide bonds. The van der Waals surface area contributed by atoms with E-state index in [-0.39, 0.29) is 24.2 Å². The standard InChI is InChI=1S/C9H13N3O3/c13-4-3-12(6-1-2-6)8(14)7-5-10-9(15)11-7/h5-6,13H,1-4H2,(H2,10,11,15). The zero-order valence-electron chi connectivity index (χ0n) is 8.19. The van der Waals surface area contributed by atoms with Crippen LogP contribution >= 0.6 is 0 Å². The fraction of sp³-hybridized carbons (Fsp3) is 0.556. The molecular formula is C9H13N3O3. The van der Waals surface area contributed by atoms with Crippen molar-refractivity contribution in [3.63, 3.8) is 0 Å². The number of nitrogens with one attached hydrogen (secondary N) is 2. The Bertz CT molecular complexity index is 405. The van der Waals surface area contributed by atoms with Crippen molar-refractivity contribution in [1.29, 1.82) is 0 Å². The van der Waals surface area contributed by atoms with Gasteiger partial charge in [-0.3, -0.25) is 4.79 Å². The summed E-state index contributed by atoms with van der Waals surface area (Å²) in [5.74, 6) is -0.232. The van der Waals surface area contributed by atoms with Gasteiger partial charge in [-0.2, -0.15) is 0 Å². The fourth-order valence-corrected chi connectivity index (χ4v) is 1.55. The van der Waals surface area contributed by atoms with E-state index in [4.69, 9.17) is 5.11 Å². The van der Waals surface area contributed by atoms with Crippen LogP contribution in [0.1, 0.15) is 23.3 Å². The van der Waals surface area contributed by atoms with Crippen molar-refractivity contribution in [2.75, 3.05) is 13.2 Å². The van der Waals surface area contributed by atoms with Gasteiger partial charge < -0.3 is 20.0 Å². The number of rotatable bonds is 4. The summed E-state index contributed by atoms with van der Waals surface area (Å²) in [6.45, 7) is 0.258. The number of H-pyrrole nitrogens is 2. The molecule has 0 aromatic carbocycles. The number of carbonyl (C=O) groups excluding carboxylic acids is 1. The predicted molar refractivity (Wildman–Crippen MR) is 52.6 cm³/mol. The number of aromatic amines is 2. The van der Waals surface area contributed by atoms with Crippen molar-refractivity contribution >= 4 is 5.91 Å². The Kier molecular flexibility index (Phi) is 2.59. The molecule has 1 aromatic heterocycles. The van der Waals surface area contributed by atoms with Crippen molar-refractivity contribution in [2.24, 2.45) is 0 Å². The van der Waals surface area contributed by atoms with Crippen LogP contribution < -0.4 is 5.69 Å². The van der Waals surface area contributed by atoms with Gasteiger partial charge in [0.25, 0.3) is 5.91 Å². The van der Waals surface area contributed by atoms with E-state index < -0.39 is 5.69 Å². The first-order valence-electron chi connectivity index (χ1n) is 4.92. The lowest BCUT2D eigenvalue weighted by molar-refractivity contribution is 0.0702. The Morgan fingerprint density at radius 1 is 1.60 bits per heavy atom. The van der Waals surface area contributed by atoms with E-state index in [1.807, 2.05) is 0 Å². The predicted octanol–water partition coefficient (Wildman–Crippen LogP) is -0.700. The first kappa shape index (κ1) is 9.97. The number of hydrogen-bond acceptors (Lipinski definition) is 3. The second-order valence-electron chi connectivity index (χ2n) is 3.61. The Balaban J connectivity index is 2.13. The molecule has 0 aliphatic heterocycles. The molecule has 6 heteroatoms. The smallest absolute Gasteiger partial charge is 0.323 e. The lowest BCUT2D eigenvalue weighted by Crippen LogP contribution is -2.35. The van der Waals surface area contributed by atoms with Crippen molar-refractivity contribution < 1.29 is 9.90 Å². The van der Waals surface area contributed by atoms with Crippen LogP contribution in [0.3, 0.4) is 0 Å². The third-order valence-corrected chi connectivity index (χ3v) is 2.42. The lowest BCUT2D eigenvalue weighted by Gasteiger charge is -2.20. The average Bonchev–Trinajstić information content (AvgIpc) is 2.96. The second-order valence-corrected chi connectivity index (χ2v) is 3.61. The normalized spacial score (nSPS) is 15.3. The molecule has 0 radical (unpaired) electrons. The van der Waals surface area contributed by atoms with Crippen molar-refractivity contribution in [3.05, 3.63) is 22.4 Å². The Morgan fingerprint density at radius 3 is 2.80 bits per heavy atom. The summed E-state index contributed by atoms with van der Waals surface area (Å²) in [6, 6.07) is 0.225. The Labute approximate surface area is 85.9 Å². The quantitative estimate of drug-likeness (QED) is 0.615. The molecular weight excluding hydrogens is 198 g/mol. The zero-order chi connectivity index (χ0) is 10.8. The maximum Gasteiger partial charge on any atom is 0.323 e. The molecule has 82 valence electrons. The first-order chi connectivity index (χ1) is 7.22. The molecule has 1 saturated carbocycles. The van der Waals surface area contributed by atoms with E-state index in [0.29, 0.717) is 6.54 Å². The molecule has 0 bridgehead atoms. The molecule has 15 heavy (non-hydrogen) atoms. The average molecular weight is 211 g/mol. The molecule has 1 aromatic rings. The summed E-state index contributed by atoms with van der Waals surface area (Å²) >= 11 is 0. The molecule has 1 aliphatic rings. The number of aliphatic hydroxyl groups excluding tert-OH is 1. The highest BCUT2D eigenvalue weighted by molar-refractivity contribution is 5.92. The SMILES string of the molecule is O=C(c1c[nH]c(=O)[nH]1)N(CCO)C1CC1. The van der Waals surface area contributed by atoms with Crippen LogP contribution in [0.5, 0.6) is 0 Å². The number of amides is 1. The maximum absolute atomic E-state index is 11.9. The van der Waals surface area contributed by atoms with Crippen LogP contribution in [0.15, 0.2) is 11.0 Å². The zero-order valence-corrected chi connectivity index (χ0v) is 8.19. The molecule has 1 heterocycles. The molecule has 0 saturated heterocycles. The minimum atomic E-state index is -0.391.